The van der Waals surface area contributed by atoms with Gasteiger partial charge in [-0.1, -0.05) is 6.07 Å². The molecule has 0 radical (unpaired) electrons. The minimum atomic E-state index is -0.617. The van der Waals surface area contributed by atoms with Crippen molar-refractivity contribution >= 4 is 5.65 Å². The number of hydrogen-bond donors (Lipinski definition) is 2. The van der Waals surface area contributed by atoms with Crippen molar-refractivity contribution in [3.8, 4) is 11.3 Å². The zero-order chi connectivity index (χ0) is 19.4. The summed E-state index contributed by atoms with van der Waals surface area (Å²) in [4.78, 5) is 36.6. The van der Waals surface area contributed by atoms with Crippen molar-refractivity contribution in [2.45, 2.75) is 25.2 Å². The molecule has 4 aromatic heterocycles. The molecule has 9 heteroatoms. The van der Waals surface area contributed by atoms with Crippen molar-refractivity contribution in [1.29, 1.82) is 0 Å². The van der Waals surface area contributed by atoms with E-state index in [1.54, 1.807) is 6.07 Å². The molecule has 1 fully saturated rings. The molecule has 0 unspecified atom stereocenters. The fraction of sp³-hybridized carbons (Fsp3) is 0.211. The standard InChI is InChI=1S/C19H15FN6O2/c1-9-2-3-10(6-21-9)11-4-12(11)13-5-15(14-7-23-19(28)24-18(14)27)25-26-16(20)8-22-17(13)26/h2-3,5-8,11-12H,4H2,1H3,(H2,23,24,27,28)/t11-,12+/m1/s1. The number of rotatable bonds is 3. The lowest BCUT2D eigenvalue weighted by Gasteiger charge is -2.07. The maximum Gasteiger partial charge on any atom is 0.325 e. The van der Waals surface area contributed by atoms with Crippen molar-refractivity contribution in [1.82, 2.24) is 29.5 Å². The van der Waals surface area contributed by atoms with Crippen molar-refractivity contribution < 1.29 is 4.39 Å². The van der Waals surface area contributed by atoms with E-state index in [0.717, 1.165) is 34.0 Å². The first-order chi connectivity index (χ1) is 13.5. The first kappa shape index (κ1) is 16.5. The van der Waals surface area contributed by atoms with Gasteiger partial charge < -0.3 is 4.98 Å². The van der Waals surface area contributed by atoms with E-state index in [9.17, 15) is 14.0 Å². The van der Waals surface area contributed by atoms with Crippen molar-refractivity contribution in [3.05, 3.63) is 80.4 Å². The second kappa shape index (κ2) is 5.95. The van der Waals surface area contributed by atoms with Gasteiger partial charge in [0.05, 0.1) is 17.5 Å². The summed E-state index contributed by atoms with van der Waals surface area (Å²) in [5, 5.41) is 4.20. The minimum absolute atomic E-state index is 0.123. The van der Waals surface area contributed by atoms with Gasteiger partial charge in [-0.15, -0.1) is 0 Å². The average Bonchev–Trinajstić information content (AvgIpc) is 3.38. The molecule has 1 aliphatic carbocycles. The number of halogens is 1. The Morgan fingerprint density at radius 1 is 1.18 bits per heavy atom. The molecule has 2 N–H and O–H groups in total. The normalized spacial score (nSPS) is 18.5. The van der Waals surface area contributed by atoms with Gasteiger partial charge in [0.2, 0.25) is 5.95 Å². The van der Waals surface area contributed by atoms with Crippen LogP contribution in [-0.2, 0) is 0 Å². The number of pyridine rings is 1. The van der Waals surface area contributed by atoms with Crippen LogP contribution >= 0.6 is 0 Å². The topological polar surface area (TPSA) is 109 Å². The smallest absolute Gasteiger partial charge is 0.313 e. The van der Waals surface area contributed by atoms with Crippen LogP contribution in [0.15, 0.2) is 46.4 Å². The number of imidazole rings is 1. The summed E-state index contributed by atoms with van der Waals surface area (Å²) in [6.45, 7) is 1.93. The summed E-state index contributed by atoms with van der Waals surface area (Å²) in [5.41, 5.74) is 2.52. The third-order valence-electron chi connectivity index (χ3n) is 5.10. The minimum Gasteiger partial charge on any atom is -0.313 e. The predicted molar refractivity (Wildman–Crippen MR) is 98.7 cm³/mol. The fourth-order valence-corrected chi connectivity index (χ4v) is 3.58. The molecule has 1 saturated carbocycles. The van der Waals surface area contributed by atoms with Crippen LogP contribution in [-0.4, -0.2) is 29.5 Å². The summed E-state index contributed by atoms with van der Waals surface area (Å²) in [7, 11) is 0. The van der Waals surface area contributed by atoms with E-state index < -0.39 is 17.2 Å². The van der Waals surface area contributed by atoms with Gasteiger partial charge in [0.1, 0.15) is 0 Å². The van der Waals surface area contributed by atoms with Crippen molar-refractivity contribution in [2.75, 3.05) is 0 Å². The number of aromatic nitrogens is 6. The highest BCUT2D eigenvalue weighted by atomic mass is 19.1. The molecule has 1 aliphatic rings. The first-order valence-electron chi connectivity index (χ1n) is 8.80. The molecule has 0 spiro atoms. The number of aromatic amines is 2. The lowest BCUT2D eigenvalue weighted by Crippen LogP contribution is -2.23. The maximum atomic E-state index is 14.2. The Morgan fingerprint density at radius 3 is 2.79 bits per heavy atom. The SMILES string of the molecule is Cc1ccc([C@H]2C[C@@H]2c2cc(-c3c[nH]c(=O)[nH]c3=O)nn3c(F)cnc23)cn1. The molecule has 0 aliphatic heterocycles. The van der Waals surface area contributed by atoms with Crippen LogP contribution in [0.1, 0.15) is 35.1 Å². The number of nitrogens with zero attached hydrogens (tertiary/aromatic N) is 4. The zero-order valence-electron chi connectivity index (χ0n) is 14.8. The van der Waals surface area contributed by atoms with Crippen LogP contribution in [0.25, 0.3) is 16.9 Å². The Kier molecular flexibility index (Phi) is 3.51. The van der Waals surface area contributed by atoms with Gasteiger partial charge in [0.25, 0.3) is 5.56 Å². The number of fused-ring (bicyclic) bond motifs is 1. The maximum absolute atomic E-state index is 14.2. The van der Waals surface area contributed by atoms with Crippen LogP contribution in [0.3, 0.4) is 0 Å². The van der Waals surface area contributed by atoms with Crippen molar-refractivity contribution in [2.24, 2.45) is 0 Å². The number of nitrogens with one attached hydrogen (secondary N) is 2. The molecule has 0 aromatic carbocycles. The Hall–Kier alpha value is -3.62. The van der Waals surface area contributed by atoms with Gasteiger partial charge in [-0.2, -0.15) is 14.0 Å². The molecule has 4 aromatic rings. The van der Waals surface area contributed by atoms with Crippen LogP contribution in [0, 0.1) is 12.9 Å². The van der Waals surface area contributed by atoms with Gasteiger partial charge in [-0.25, -0.2) is 9.78 Å². The monoisotopic (exact) mass is 378 g/mol. The van der Waals surface area contributed by atoms with E-state index in [0.29, 0.717) is 5.65 Å². The van der Waals surface area contributed by atoms with E-state index in [1.807, 2.05) is 25.3 Å². The highest BCUT2D eigenvalue weighted by molar-refractivity contribution is 5.63. The first-order valence-corrected chi connectivity index (χ1v) is 8.80. The zero-order valence-corrected chi connectivity index (χ0v) is 14.8. The van der Waals surface area contributed by atoms with E-state index >= 15 is 0 Å². The van der Waals surface area contributed by atoms with Crippen LogP contribution in [0.2, 0.25) is 0 Å². The van der Waals surface area contributed by atoms with E-state index in [4.69, 9.17) is 0 Å². The lowest BCUT2D eigenvalue weighted by molar-refractivity contribution is 0.549. The molecule has 5 rings (SSSR count). The fourth-order valence-electron chi connectivity index (χ4n) is 3.58. The van der Waals surface area contributed by atoms with Gasteiger partial charge in [-0.05, 0) is 42.9 Å². The quantitative estimate of drug-likeness (QED) is 0.566. The van der Waals surface area contributed by atoms with E-state index in [1.165, 1.54) is 6.20 Å². The second-order valence-corrected chi connectivity index (χ2v) is 6.97. The van der Waals surface area contributed by atoms with Gasteiger partial charge >= 0.3 is 5.69 Å². The summed E-state index contributed by atoms with van der Waals surface area (Å²) in [6, 6.07) is 5.76. The molecule has 0 saturated heterocycles. The Bertz CT molecular complexity index is 1320. The molecular formula is C19H15FN6O2. The molecule has 4 heterocycles. The molecule has 2 atom stereocenters. The third-order valence-corrected chi connectivity index (χ3v) is 5.10. The largest absolute Gasteiger partial charge is 0.325 e. The van der Waals surface area contributed by atoms with Crippen LogP contribution < -0.4 is 11.2 Å². The molecule has 8 nitrogen and oxygen atoms in total. The number of hydrogen-bond acceptors (Lipinski definition) is 5. The second-order valence-electron chi connectivity index (χ2n) is 6.97. The Labute approximate surface area is 157 Å². The van der Waals surface area contributed by atoms with E-state index in [2.05, 4.69) is 25.0 Å². The average molecular weight is 378 g/mol. The summed E-state index contributed by atoms with van der Waals surface area (Å²) in [5.74, 6) is -0.244. The number of aryl methyl sites for hydroxylation is 1. The molecule has 28 heavy (non-hydrogen) atoms. The molecule has 0 amide bonds. The summed E-state index contributed by atoms with van der Waals surface area (Å²) in [6.07, 6.45) is 5.12. The third kappa shape index (κ3) is 2.63. The highest BCUT2D eigenvalue weighted by Crippen LogP contribution is 2.55. The Balaban J connectivity index is 1.64. The highest BCUT2D eigenvalue weighted by Gasteiger charge is 2.41. The molecular weight excluding hydrogens is 363 g/mol. The van der Waals surface area contributed by atoms with Gasteiger partial charge in [0, 0.05) is 23.7 Å². The van der Waals surface area contributed by atoms with Gasteiger partial charge in [-0.3, -0.25) is 14.8 Å². The van der Waals surface area contributed by atoms with Crippen LogP contribution in [0.4, 0.5) is 4.39 Å². The molecule has 0 bridgehead atoms. The Morgan fingerprint density at radius 2 is 2.04 bits per heavy atom. The lowest BCUT2D eigenvalue weighted by atomic mass is 10.1. The van der Waals surface area contributed by atoms with Crippen molar-refractivity contribution in [3.63, 3.8) is 0 Å². The number of H-pyrrole nitrogens is 2. The van der Waals surface area contributed by atoms with Crippen LogP contribution in [0.5, 0.6) is 0 Å². The van der Waals surface area contributed by atoms with Gasteiger partial charge in [0.15, 0.2) is 5.65 Å². The summed E-state index contributed by atoms with van der Waals surface area (Å²) >= 11 is 0. The van der Waals surface area contributed by atoms with E-state index in [-0.39, 0.29) is 23.1 Å². The summed E-state index contributed by atoms with van der Waals surface area (Å²) < 4.78 is 15.3. The molecule has 140 valence electrons. The predicted octanol–water partition coefficient (Wildman–Crippen LogP) is 1.89.